The molecule has 0 spiro atoms. The van der Waals surface area contributed by atoms with E-state index in [9.17, 15) is 14.4 Å². The lowest BCUT2D eigenvalue weighted by Crippen LogP contribution is -2.50. The van der Waals surface area contributed by atoms with Crippen LogP contribution in [-0.2, 0) is 22.7 Å². The van der Waals surface area contributed by atoms with Crippen molar-refractivity contribution < 1.29 is 14.4 Å². The zero-order chi connectivity index (χ0) is 22.6. The molecule has 170 valence electrons. The number of amides is 4. The first-order valence-corrected chi connectivity index (χ1v) is 11.0. The molecule has 1 fully saturated rings. The second-order valence-corrected chi connectivity index (χ2v) is 7.85. The van der Waals surface area contributed by atoms with Gasteiger partial charge < -0.3 is 15.5 Å². The number of carbonyl (C=O) groups is 3. The van der Waals surface area contributed by atoms with E-state index in [2.05, 4.69) is 25.8 Å². The molecule has 1 aliphatic rings. The van der Waals surface area contributed by atoms with Crippen molar-refractivity contribution in [2.24, 2.45) is 0 Å². The van der Waals surface area contributed by atoms with Gasteiger partial charge in [-0.15, -0.1) is 0 Å². The molecule has 0 aliphatic carbocycles. The first-order chi connectivity index (χ1) is 15.6. The number of carbonyl (C=O) groups excluding carboxylic acids is 3. The molecule has 0 atom stereocenters. The fraction of sp³-hybridized carbons (Fsp3) is 0.375. The summed E-state index contributed by atoms with van der Waals surface area (Å²) in [7, 11) is 0. The van der Waals surface area contributed by atoms with E-state index >= 15 is 0 Å². The lowest BCUT2D eigenvalue weighted by molar-refractivity contribution is -0.122. The Morgan fingerprint density at radius 3 is 1.81 bits per heavy atom. The number of benzene rings is 2. The highest BCUT2D eigenvalue weighted by molar-refractivity contribution is 5.94. The molecule has 8 heteroatoms. The van der Waals surface area contributed by atoms with Gasteiger partial charge in [-0.1, -0.05) is 60.7 Å². The third-order valence-electron chi connectivity index (χ3n) is 5.37. The van der Waals surface area contributed by atoms with Crippen molar-refractivity contribution in [3.05, 3.63) is 71.8 Å². The van der Waals surface area contributed by atoms with E-state index in [0.717, 1.165) is 37.3 Å². The Bertz CT molecular complexity index is 868. The molecule has 0 aromatic heterocycles. The maximum absolute atomic E-state index is 12.2. The lowest BCUT2D eigenvalue weighted by atomic mass is 10.2. The minimum absolute atomic E-state index is 0.0168. The molecule has 3 N–H and O–H groups in total. The van der Waals surface area contributed by atoms with Crippen LogP contribution in [-0.4, -0.2) is 66.9 Å². The predicted molar refractivity (Wildman–Crippen MR) is 123 cm³/mol. The molecule has 0 unspecified atom stereocenters. The first kappa shape index (κ1) is 23.4. The van der Waals surface area contributed by atoms with E-state index in [-0.39, 0.29) is 18.2 Å². The van der Waals surface area contributed by atoms with Crippen LogP contribution < -0.4 is 16.0 Å². The molecule has 1 aliphatic heterocycles. The van der Waals surface area contributed by atoms with Gasteiger partial charge in [-0.05, 0) is 11.1 Å². The smallest absolute Gasteiger partial charge is 0.321 e. The minimum atomic E-state index is -0.481. The molecule has 1 saturated heterocycles. The molecular formula is C24H31N5O3. The van der Waals surface area contributed by atoms with E-state index < -0.39 is 6.03 Å². The van der Waals surface area contributed by atoms with Gasteiger partial charge in [-0.2, -0.15) is 0 Å². The van der Waals surface area contributed by atoms with Crippen molar-refractivity contribution in [3.63, 3.8) is 0 Å². The topological polar surface area (TPSA) is 93.8 Å². The Balaban J connectivity index is 1.25. The number of nitrogens with one attached hydrogen (secondary N) is 3. The van der Waals surface area contributed by atoms with Crippen LogP contribution in [0.1, 0.15) is 17.5 Å². The monoisotopic (exact) mass is 437 g/mol. The van der Waals surface area contributed by atoms with Crippen LogP contribution in [0.3, 0.4) is 0 Å². The van der Waals surface area contributed by atoms with Crippen LogP contribution >= 0.6 is 0 Å². The first-order valence-electron chi connectivity index (χ1n) is 11.0. The van der Waals surface area contributed by atoms with Crippen molar-refractivity contribution in [3.8, 4) is 0 Å². The van der Waals surface area contributed by atoms with E-state index in [1.807, 2.05) is 60.7 Å². The number of hydrogen-bond donors (Lipinski definition) is 3. The lowest BCUT2D eigenvalue weighted by Gasteiger charge is -2.34. The van der Waals surface area contributed by atoms with Crippen LogP contribution in [0, 0.1) is 0 Å². The van der Waals surface area contributed by atoms with E-state index in [1.54, 1.807) is 0 Å². The van der Waals surface area contributed by atoms with Crippen molar-refractivity contribution in [2.45, 2.75) is 19.5 Å². The van der Waals surface area contributed by atoms with Crippen LogP contribution in [0.4, 0.5) is 4.79 Å². The Morgan fingerprint density at radius 1 is 0.688 bits per heavy atom. The van der Waals surface area contributed by atoms with Crippen LogP contribution in [0.15, 0.2) is 60.7 Å². The minimum Gasteiger partial charge on any atom is -0.351 e. The van der Waals surface area contributed by atoms with Gasteiger partial charge in [0.25, 0.3) is 0 Å². The van der Waals surface area contributed by atoms with Crippen molar-refractivity contribution in [1.82, 2.24) is 25.8 Å². The quantitative estimate of drug-likeness (QED) is 0.551. The van der Waals surface area contributed by atoms with Crippen molar-refractivity contribution in [2.75, 3.05) is 39.3 Å². The molecule has 1 heterocycles. The van der Waals surface area contributed by atoms with Crippen molar-refractivity contribution >= 4 is 17.8 Å². The van der Waals surface area contributed by atoms with Gasteiger partial charge >= 0.3 is 6.03 Å². The highest BCUT2D eigenvalue weighted by Crippen LogP contribution is 2.03. The largest absolute Gasteiger partial charge is 0.351 e. The molecule has 2 aromatic rings. The number of urea groups is 1. The molecule has 3 rings (SSSR count). The van der Waals surface area contributed by atoms with Gasteiger partial charge in [-0.25, -0.2) is 4.79 Å². The number of imide groups is 1. The zero-order valence-electron chi connectivity index (χ0n) is 18.3. The Kier molecular flexibility index (Phi) is 9.21. The van der Waals surface area contributed by atoms with Crippen LogP contribution in [0.5, 0.6) is 0 Å². The summed E-state index contributed by atoms with van der Waals surface area (Å²) >= 11 is 0. The fourth-order valence-corrected chi connectivity index (χ4v) is 3.50. The molecule has 0 bridgehead atoms. The second-order valence-electron chi connectivity index (χ2n) is 7.85. The van der Waals surface area contributed by atoms with Gasteiger partial charge in [0.1, 0.15) is 0 Å². The number of piperazine rings is 1. The van der Waals surface area contributed by atoms with Crippen molar-refractivity contribution in [1.29, 1.82) is 0 Å². The Hall–Kier alpha value is -3.23. The number of hydrogen-bond acceptors (Lipinski definition) is 5. The second kappa shape index (κ2) is 12.6. The molecule has 8 nitrogen and oxygen atoms in total. The molecular weight excluding hydrogens is 406 g/mol. The number of rotatable bonds is 9. The maximum Gasteiger partial charge on any atom is 0.321 e. The standard InChI is InChI=1S/C24H31N5O3/c30-22(27-24(32)26-18-21-9-5-2-6-10-21)11-12-28-13-15-29(16-14-28)19-23(31)25-17-20-7-3-1-4-8-20/h1-10H,11-19H2,(H,25,31)(H2,26,27,30,32). The molecule has 4 amide bonds. The van der Waals surface area contributed by atoms with Gasteiger partial charge in [0, 0.05) is 52.2 Å². The van der Waals surface area contributed by atoms with E-state index in [0.29, 0.717) is 26.2 Å². The molecule has 0 radical (unpaired) electrons. The van der Waals surface area contributed by atoms with Gasteiger partial charge in [-0.3, -0.25) is 19.8 Å². The van der Waals surface area contributed by atoms with Gasteiger partial charge in [0.15, 0.2) is 0 Å². The fourth-order valence-electron chi connectivity index (χ4n) is 3.50. The number of nitrogens with zero attached hydrogens (tertiary/aromatic N) is 2. The van der Waals surface area contributed by atoms with Gasteiger partial charge in [0.05, 0.1) is 6.54 Å². The van der Waals surface area contributed by atoms with E-state index in [4.69, 9.17) is 0 Å². The summed E-state index contributed by atoms with van der Waals surface area (Å²) in [6, 6.07) is 18.9. The highest BCUT2D eigenvalue weighted by Gasteiger charge is 2.19. The summed E-state index contributed by atoms with van der Waals surface area (Å²) in [6.45, 7) is 5.01. The molecule has 32 heavy (non-hydrogen) atoms. The van der Waals surface area contributed by atoms with Crippen LogP contribution in [0.25, 0.3) is 0 Å². The van der Waals surface area contributed by atoms with Gasteiger partial charge in [0.2, 0.25) is 11.8 Å². The Labute approximate surface area is 189 Å². The normalized spacial score (nSPS) is 14.5. The third kappa shape index (κ3) is 8.49. The van der Waals surface area contributed by atoms with E-state index in [1.165, 1.54) is 0 Å². The summed E-state index contributed by atoms with van der Waals surface area (Å²) in [5, 5.41) is 8.01. The highest BCUT2D eigenvalue weighted by atomic mass is 16.2. The zero-order valence-corrected chi connectivity index (χ0v) is 18.3. The third-order valence-corrected chi connectivity index (χ3v) is 5.37. The Morgan fingerprint density at radius 2 is 1.22 bits per heavy atom. The SMILES string of the molecule is O=C(CN1CCN(CCC(=O)NC(=O)NCc2ccccc2)CC1)NCc1ccccc1. The molecule has 2 aromatic carbocycles. The summed E-state index contributed by atoms with van der Waals surface area (Å²) < 4.78 is 0. The average Bonchev–Trinajstić information content (AvgIpc) is 2.82. The summed E-state index contributed by atoms with van der Waals surface area (Å²) in [4.78, 5) is 40.4. The predicted octanol–water partition coefficient (Wildman–Crippen LogP) is 1.34. The molecule has 0 saturated carbocycles. The summed E-state index contributed by atoms with van der Waals surface area (Å²) in [5.41, 5.74) is 2.06. The summed E-state index contributed by atoms with van der Waals surface area (Å²) in [5.74, 6) is -0.276. The van der Waals surface area contributed by atoms with Crippen LogP contribution in [0.2, 0.25) is 0 Å². The average molecular weight is 438 g/mol. The summed E-state index contributed by atoms with van der Waals surface area (Å²) in [6.07, 6.45) is 0.260. The maximum atomic E-state index is 12.2.